The van der Waals surface area contributed by atoms with Gasteiger partial charge in [0.15, 0.2) is 0 Å². The molecule has 2 saturated carbocycles. The third kappa shape index (κ3) is 4.56. The monoisotopic (exact) mass is 408 g/mol. The molecule has 29 heavy (non-hydrogen) atoms. The average Bonchev–Trinajstić information content (AvgIpc) is 2.80. The molecule has 2 aromatic carbocycles. The maximum absolute atomic E-state index is 5.88. The lowest BCUT2D eigenvalue weighted by Gasteiger charge is -2.39. The number of methoxy groups -OCH3 is 1. The maximum Gasteiger partial charge on any atom is 0.126 e. The minimum absolute atomic E-state index is 0.127. The number of rotatable bonds is 6. The number of hydrogen-bond acceptors (Lipinski definition) is 1. The number of hydrogen-bond donors (Lipinski definition) is 0. The van der Waals surface area contributed by atoms with Crippen LogP contribution < -0.4 is 10.0 Å². The lowest BCUT2D eigenvalue weighted by molar-refractivity contribution is 0.416. The smallest absolute Gasteiger partial charge is 0.126 e. The highest BCUT2D eigenvalue weighted by Gasteiger charge is 2.34. The van der Waals surface area contributed by atoms with Gasteiger partial charge in [0.25, 0.3) is 0 Å². The summed E-state index contributed by atoms with van der Waals surface area (Å²) in [6.45, 7) is 2.27. The van der Waals surface area contributed by atoms with Gasteiger partial charge in [0.05, 0.1) is 7.11 Å². The van der Waals surface area contributed by atoms with E-state index in [0.29, 0.717) is 0 Å². The zero-order valence-electron chi connectivity index (χ0n) is 18.3. The zero-order chi connectivity index (χ0) is 20.1. The first-order chi connectivity index (χ1) is 14.3. The van der Waals surface area contributed by atoms with E-state index in [2.05, 4.69) is 49.4 Å². The van der Waals surface area contributed by atoms with Crippen LogP contribution in [0.25, 0.3) is 11.1 Å². The summed E-state index contributed by atoms with van der Waals surface area (Å²) < 4.78 is 5.88. The molecule has 0 N–H and O–H groups in total. The molecule has 156 valence electrons. The fraction of sp³-hybridized carbons (Fsp3) is 0.556. The Balaban J connectivity index is 1.83. The van der Waals surface area contributed by atoms with Gasteiger partial charge in [-0.25, -0.2) is 0 Å². The van der Waals surface area contributed by atoms with Crippen molar-refractivity contribution in [1.82, 2.24) is 0 Å². The minimum Gasteiger partial charge on any atom is -0.496 e. The van der Waals surface area contributed by atoms with Crippen molar-refractivity contribution in [2.45, 2.75) is 88.9 Å². The molecule has 4 rings (SSSR count). The van der Waals surface area contributed by atoms with Crippen LogP contribution in [0.2, 0.25) is 0 Å². The van der Waals surface area contributed by atoms with Gasteiger partial charge in [0, 0.05) is 5.56 Å². The van der Waals surface area contributed by atoms with E-state index in [1.54, 1.807) is 5.30 Å². The van der Waals surface area contributed by atoms with Crippen molar-refractivity contribution in [3.63, 3.8) is 0 Å². The Morgan fingerprint density at radius 1 is 0.793 bits per heavy atom. The summed E-state index contributed by atoms with van der Waals surface area (Å²) in [5, 5.41) is 1.67. The quantitative estimate of drug-likeness (QED) is 0.445. The van der Waals surface area contributed by atoms with E-state index in [0.717, 1.165) is 23.5 Å². The van der Waals surface area contributed by atoms with Crippen LogP contribution in [-0.2, 0) is 6.42 Å². The van der Waals surface area contributed by atoms with E-state index in [9.17, 15) is 0 Å². The first-order valence-electron chi connectivity index (χ1n) is 11.9. The molecule has 2 heteroatoms. The lowest BCUT2D eigenvalue weighted by atomic mass is 9.97. The molecule has 0 atom stereocenters. The average molecular weight is 409 g/mol. The minimum atomic E-state index is -0.127. The van der Waals surface area contributed by atoms with Crippen LogP contribution in [0, 0.1) is 0 Å². The number of benzene rings is 2. The van der Waals surface area contributed by atoms with Crippen molar-refractivity contribution in [1.29, 1.82) is 0 Å². The van der Waals surface area contributed by atoms with Crippen molar-refractivity contribution < 1.29 is 4.74 Å². The Bertz CT molecular complexity index is 747. The van der Waals surface area contributed by atoms with Crippen LogP contribution in [0.3, 0.4) is 0 Å². The van der Waals surface area contributed by atoms with Gasteiger partial charge in [0.1, 0.15) is 5.75 Å². The van der Waals surface area contributed by atoms with Gasteiger partial charge in [-0.05, 0) is 65.9 Å². The van der Waals surface area contributed by atoms with Crippen molar-refractivity contribution in [3.8, 4) is 16.9 Å². The predicted molar refractivity (Wildman–Crippen MR) is 128 cm³/mol. The van der Waals surface area contributed by atoms with E-state index in [4.69, 9.17) is 4.74 Å². The molecule has 2 fully saturated rings. The molecule has 0 aliphatic heterocycles. The van der Waals surface area contributed by atoms with Gasteiger partial charge >= 0.3 is 0 Å². The topological polar surface area (TPSA) is 9.23 Å². The summed E-state index contributed by atoms with van der Waals surface area (Å²) >= 11 is 0. The van der Waals surface area contributed by atoms with Gasteiger partial charge in [-0.15, -0.1) is 0 Å². The Morgan fingerprint density at radius 3 is 2.00 bits per heavy atom. The molecule has 0 heterocycles. The van der Waals surface area contributed by atoms with Crippen molar-refractivity contribution in [3.05, 3.63) is 48.0 Å². The van der Waals surface area contributed by atoms with Crippen molar-refractivity contribution in [2.75, 3.05) is 7.11 Å². The third-order valence-electron chi connectivity index (χ3n) is 7.10. The first kappa shape index (κ1) is 20.9. The van der Waals surface area contributed by atoms with E-state index < -0.39 is 0 Å². The fourth-order valence-electron chi connectivity index (χ4n) is 5.67. The molecule has 2 aromatic rings. The van der Waals surface area contributed by atoms with E-state index in [1.165, 1.54) is 80.9 Å². The summed E-state index contributed by atoms with van der Waals surface area (Å²) in [7, 11) is 1.70. The van der Waals surface area contributed by atoms with Gasteiger partial charge in [-0.1, -0.05) is 89.8 Å². The van der Waals surface area contributed by atoms with Gasteiger partial charge in [-0.2, -0.15) is 0 Å². The Morgan fingerprint density at radius 2 is 1.41 bits per heavy atom. The molecule has 2 aliphatic rings. The second kappa shape index (κ2) is 10.1. The molecule has 2 aliphatic carbocycles. The van der Waals surface area contributed by atoms with Crippen LogP contribution in [0.5, 0.6) is 5.75 Å². The van der Waals surface area contributed by atoms with Gasteiger partial charge < -0.3 is 4.74 Å². The van der Waals surface area contributed by atoms with Crippen LogP contribution in [0.4, 0.5) is 0 Å². The molecule has 0 bridgehead atoms. The molecule has 0 spiro atoms. The highest BCUT2D eigenvalue weighted by molar-refractivity contribution is 7.67. The molecule has 0 aromatic heterocycles. The Hall–Kier alpha value is -1.33. The maximum atomic E-state index is 5.88. The summed E-state index contributed by atoms with van der Waals surface area (Å²) in [6.07, 6.45) is 15.5. The Labute approximate surface area is 179 Å². The standard InChI is InChI=1S/C27H37OP/c1-3-21-13-12-19-25(28-2)27(21)24-18-10-11-20-26(24)29(22-14-6-4-7-15-22)23-16-8-5-9-17-23/h10-13,18-20,22-23H,3-9,14-17H2,1-2H3. The van der Waals surface area contributed by atoms with Crippen LogP contribution in [0.1, 0.15) is 76.7 Å². The fourth-order valence-corrected chi connectivity index (χ4v) is 9.62. The molecular weight excluding hydrogens is 371 g/mol. The van der Waals surface area contributed by atoms with Crippen molar-refractivity contribution >= 4 is 13.2 Å². The second-order valence-corrected chi connectivity index (χ2v) is 11.6. The van der Waals surface area contributed by atoms with Crippen LogP contribution in [0.15, 0.2) is 42.5 Å². The number of aryl methyl sites for hydroxylation is 1. The van der Waals surface area contributed by atoms with E-state index in [1.807, 2.05) is 7.11 Å². The first-order valence-corrected chi connectivity index (χ1v) is 13.3. The molecule has 0 amide bonds. The van der Waals surface area contributed by atoms with Crippen LogP contribution >= 0.6 is 7.92 Å². The van der Waals surface area contributed by atoms with Crippen LogP contribution in [-0.4, -0.2) is 18.4 Å². The largest absolute Gasteiger partial charge is 0.496 e. The molecule has 0 saturated heterocycles. The molecule has 0 unspecified atom stereocenters. The number of ether oxygens (including phenoxy) is 1. The summed E-state index contributed by atoms with van der Waals surface area (Å²) in [4.78, 5) is 0. The normalized spacial score (nSPS) is 18.9. The van der Waals surface area contributed by atoms with Gasteiger partial charge in [-0.3, -0.25) is 0 Å². The molecule has 1 nitrogen and oxygen atoms in total. The Kier molecular flexibility index (Phi) is 7.30. The SMILES string of the molecule is CCc1cccc(OC)c1-c1ccccc1P(C1CCCCC1)C1CCCCC1. The highest BCUT2D eigenvalue weighted by atomic mass is 31.1. The predicted octanol–water partition coefficient (Wildman–Crippen LogP) is 7.70. The zero-order valence-corrected chi connectivity index (χ0v) is 19.2. The van der Waals surface area contributed by atoms with E-state index in [-0.39, 0.29) is 7.92 Å². The highest BCUT2D eigenvalue weighted by Crippen LogP contribution is 2.56. The molecule has 0 radical (unpaired) electrons. The van der Waals surface area contributed by atoms with E-state index >= 15 is 0 Å². The summed E-state index contributed by atoms with van der Waals surface area (Å²) in [5.74, 6) is 1.04. The molecular formula is C27H37OP. The van der Waals surface area contributed by atoms with Crippen molar-refractivity contribution in [2.24, 2.45) is 0 Å². The summed E-state index contributed by atoms with van der Waals surface area (Å²) in [5.41, 5.74) is 6.07. The third-order valence-corrected chi connectivity index (χ3v) is 10.7. The second-order valence-electron chi connectivity index (χ2n) is 8.86. The lowest BCUT2D eigenvalue weighted by Crippen LogP contribution is -2.27. The summed E-state index contributed by atoms with van der Waals surface area (Å²) in [6, 6.07) is 16.0. The van der Waals surface area contributed by atoms with Gasteiger partial charge in [0.2, 0.25) is 0 Å².